The summed E-state index contributed by atoms with van der Waals surface area (Å²) in [7, 11) is 3.42. The number of carbonyl (C=O) groups excluding carboxylic acids is 1. The fourth-order valence-electron chi connectivity index (χ4n) is 3.44. The highest BCUT2D eigenvalue weighted by Gasteiger charge is 2.15. The van der Waals surface area contributed by atoms with Crippen molar-refractivity contribution in [2.24, 2.45) is 7.05 Å². The number of hydrogen-bond acceptors (Lipinski definition) is 4. The zero-order chi connectivity index (χ0) is 22.5. The molecule has 0 radical (unpaired) electrons. The average Bonchev–Trinajstić information content (AvgIpc) is 2.98. The number of ether oxygens (including phenoxy) is 2. The van der Waals surface area contributed by atoms with Crippen molar-refractivity contribution in [2.75, 3.05) is 12.4 Å². The van der Waals surface area contributed by atoms with Gasteiger partial charge in [-0.2, -0.15) is 13.9 Å². The molecule has 0 saturated heterocycles. The van der Waals surface area contributed by atoms with Gasteiger partial charge in [0.15, 0.2) is 0 Å². The highest BCUT2D eigenvalue weighted by atomic mass is 19.3. The van der Waals surface area contributed by atoms with Crippen LogP contribution in [0.1, 0.15) is 23.4 Å². The SMILES string of the molecule is COc1ccc(-c2cc(NC(=O)CCc3c(C)nn(C)c3C)ccc2OC(F)F)cc1. The van der Waals surface area contributed by atoms with Crippen molar-refractivity contribution in [3.05, 3.63) is 59.4 Å². The topological polar surface area (TPSA) is 65.4 Å². The van der Waals surface area contributed by atoms with Crippen LogP contribution in [0.15, 0.2) is 42.5 Å². The van der Waals surface area contributed by atoms with Gasteiger partial charge in [0.2, 0.25) is 5.91 Å². The van der Waals surface area contributed by atoms with Crippen LogP contribution in [0.5, 0.6) is 11.5 Å². The lowest BCUT2D eigenvalue weighted by molar-refractivity contribution is -0.116. The van der Waals surface area contributed by atoms with Crippen LogP contribution in [0.3, 0.4) is 0 Å². The molecule has 1 N–H and O–H groups in total. The summed E-state index contributed by atoms with van der Waals surface area (Å²) in [6.45, 7) is 0.933. The molecule has 1 amide bonds. The zero-order valence-corrected chi connectivity index (χ0v) is 17.9. The number of nitrogens with one attached hydrogen (secondary N) is 1. The quantitative estimate of drug-likeness (QED) is 0.554. The van der Waals surface area contributed by atoms with E-state index in [2.05, 4.69) is 15.2 Å². The minimum absolute atomic E-state index is 0.0276. The third-order valence-electron chi connectivity index (χ3n) is 5.14. The summed E-state index contributed by atoms with van der Waals surface area (Å²) in [5, 5.41) is 7.20. The van der Waals surface area contributed by atoms with E-state index in [1.54, 1.807) is 48.2 Å². The first-order valence-electron chi connectivity index (χ1n) is 9.80. The Morgan fingerprint density at radius 2 is 1.87 bits per heavy atom. The van der Waals surface area contributed by atoms with Crippen LogP contribution in [0.25, 0.3) is 11.1 Å². The van der Waals surface area contributed by atoms with E-state index in [-0.39, 0.29) is 18.1 Å². The first-order valence-corrected chi connectivity index (χ1v) is 9.80. The molecule has 0 bridgehead atoms. The Balaban J connectivity index is 1.78. The third-order valence-corrected chi connectivity index (χ3v) is 5.14. The Hall–Kier alpha value is -3.42. The van der Waals surface area contributed by atoms with Crippen molar-refractivity contribution in [1.82, 2.24) is 9.78 Å². The number of alkyl halides is 2. The van der Waals surface area contributed by atoms with Gasteiger partial charge in [-0.15, -0.1) is 0 Å². The Morgan fingerprint density at radius 1 is 1.16 bits per heavy atom. The van der Waals surface area contributed by atoms with Crippen LogP contribution < -0.4 is 14.8 Å². The molecule has 2 aromatic carbocycles. The summed E-state index contributed by atoms with van der Waals surface area (Å²) < 4.78 is 37.3. The van der Waals surface area contributed by atoms with Crippen LogP contribution in [0, 0.1) is 13.8 Å². The molecule has 164 valence electrons. The van der Waals surface area contributed by atoms with Crippen molar-refractivity contribution in [3.8, 4) is 22.6 Å². The summed E-state index contributed by atoms with van der Waals surface area (Å²) in [4.78, 5) is 12.5. The van der Waals surface area contributed by atoms with Crippen LogP contribution in [0.4, 0.5) is 14.5 Å². The van der Waals surface area contributed by atoms with E-state index in [1.807, 2.05) is 20.9 Å². The molecular formula is C23H25F2N3O3. The first kappa shape index (κ1) is 22.3. The lowest BCUT2D eigenvalue weighted by atomic mass is 10.0. The molecule has 3 aromatic rings. The van der Waals surface area contributed by atoms with E-state index >= 15 is 0 Å². The highest BCUT2D eigenvalue weighted by molar-refractivity contribution is 5.92. The van der Waals surface area contributed by atoms with Crippen molar-refractivity contribution in [1.29, 1.82) is 0 Å². The standard InChI is InChI=1S/C23H25F2N3O3/c1-14-19(15(2)28(3)27-14)10-12-22(29)26-17-7-11-21(31-23(24)25)20(13-17)16-5-8-18(30-4)9-6-16/h5-9,11,13,23H,10,12H2,1-4H3,(H,26,29). The zero-order valence-electron chi connectivity index (χ0n) is 17.9. The van der Waals surface area contributed by atoms with E-state index in [0.717, 1.165) is 17.0 Å². The van der Waals surface area contributed by atoms with Crippen LogP contribution in [0.2, 0.25) is 0 Å². The van der Waals surface area contributed by atoms with E-state index in [1.165, 1.54) is 6.07 Å². The van der Waals surface area contributed by atoms with E-state index in [0.29, 0.717) is 29.0 Å². The molecule has 3 rings (SSSR count). The van der Waals surface area contributed by atoms with Gasteiger partial charge in [0.25, 0.3) is 0 Å². The lowest BCUT2D eigenvalue weighted by Crippen LogP contribution is -2.13. The molecule has 0 aliphatic carbocycles. The second-order valence-corrected chi connectivity index (χ2v) is 7.14. The Kier molecular flexibility index (Phi) is 6.89. The molecular weight excluding hydrogens is 404 g/mol. The van der Waals surface area contributed by atoms with Gasteiger partial charge in [-0.3, -0.25) is 9.48 Å². The number of hydrogen-bond donors (Lipinski definition) is 1. The second kappa shape index (κ2) is 9.59. The number of aryl methyl sites for hydroxylation is 2. The van der Waals surface area contributed by atoms with Gasteiger partial charge in [0.1, 0.15) is 11.5 Å². The van der Waals surface area contributed by atoms with Crippen molar-refractivity contribution in [3.63, 3.8) is 0 Å². The molecule has 0 spiro atoms. The van der Waals surface area contributed by atoms with E-state index in [4.69, 9.17) is 4.74 Å². The fourth-order valence-corrected chi connectivity index (χ4v) is 3.44. The molecule has 6 nitrogen and oxygen atoms in total. The Bertz CT molecular complexity index is 1060. The molecule has 1 heterocycles. The fraction of sp³-hybridized carbons (Fsp3) is 0.304. The number of methoxy groups -OCH3 is 1. The maximum atomic E-state index is 12.9. The average molecular weight is 429 g/mol. The molecule has 8 heteroatoms. The number of amides is 1. The normalized spacial score (nSPS) is 10.9. The summed E-state index contributed by atoms with van der Waals surface area (Å²) in [5.41, 5.74) is 4.59. The van der Waals surface area contributed by atoms with Crippen molar-refractivity contribution >= 4 is 11.6 Å². The summed E-state index contributed by atoms with van der Waals surface area (Å²) in [6.07, 6.45) is 0.843. The molecule has 0 aliphatic heterocycles. The number of benzene rings is 2. The molecule has 1 aromatic heterocycles. The molecule has 0 saturated carbocycles. The first-order chi connectivity index (χ1) is 14.8. The molecule has 31 heavy (non-hydrogen) atoms. The predicted octanol–water partition coefficient (Wildman–Crippen LogP) is 4.89. The van der Waals surface area contributed by atoms with Crippen molar-refractivity contribution in [2.45, 2.75) is 33.3 Å². The number of carbonyl (C=O) groups is 1. The number of nitrogens with zero attached hydrogens (tertiary/aromatic N) is 2. The monoisotopic (exact) mass is 429 g/mol. The summed E-state index contributed by atoms with van der Waals surface area (Å²) in [6, 6.07) is 11.5. The van der Waals surface area contributed by atoms with Crippen LogP contribution in [-0.2, 0) is 18.3 Å². The van der Waals surface area contributed by atoms with E-state index in [9.17, 15) is 13.6 Å². The van der Waals surface area contributed by atoms with Gasteiger partial charge in [-0.25, -0.2) is 0 Å². The van der Waals surface area contributed by atoms with Gasteiger partial charge in [-0.05, 0) is 61.7 Å². The predicted molar refractivity (Wildman–Crippen MR) is 115 cm³/mol. The summed E-state index contributed by atoms with van der Waals surface area (Å²) >= 11 is 0. The van der Waals surface area contributed by atoms with Gasteiger partial charge >= 0.3 is 6.61 Å². The van der Waals surface area contributed by atoms with Gasteiger partial charge in [0, 0.05) is 30.4 Å². The van der Waals surface area contributed by atoms with Gasteiger partial charge < -0.3 is 14.8 Å². The Labute approximate surface area is 179 Å². The molecule has 0 unspecified atom stereocenters. The molecule has 0 fully saturated rings. The highest BCUT2D eigenvalue weighted by Crippen LogP contribution is 2.34. The summed E-state index contributed by atoms with van der Waals surface area (Å²) in [5.74, 6) is 0.496. The minimum Gasteiger partial charge on any atom is -0.497 e. The minimum atomic E-state index is -2.96. The van der Waals surface area contributed by atoms with Crippen LogP contribution >= 0.6 is 0 Å². The molecule has 0 atom stereocenters. The number of rotatable bonds is 8. The largest absolute Gasteiger partial charge is 0.497 e. The number of aromatic nitrogens is 2. The van der Waals surface area contributed by atoms with E-state index < -0.39 is 6.61 Å². The maximum absolute atomic E-state index is 12.9. The Morgan fingerprint density at radius 3 is 2.45 bits per heavy atom. The van der Waals surface area contributed by atoms with Gasteiger partial charge in [0.05, 0.1) is 12.8 Å². The maximum Gasteiger partial charge on any atom is 0.387 e. The van der Waals surface area contributed by atoms with Gasteiger partial charge in [-0.1, -0.05) is 12.1 Å². The smallest absolute Gasteiger partial charge is 0.387 e. The number of halogens is 2. The third kappa shape index (κ3) is 5.39. The number of anilines is 1. The lowest BCUT2D eigenvalue weighted by Gasteiger charge is -2.14. The van der Waals surface area contributed by atoms with Crippen LogP contribution in [-0.4, -0.2) is 29.4 Å². The second-order valence-electron chi connectivity index (χ2n) is 7.14. The van der Waals surface area contributed by atoms with Crippen molar-refractivity contribution < 1.29 is 23.0 Å². The molecule has 0 aliphatic rings.